The van der Waals surface area contributed by atoms with Crippen LogP contribution in [-0.2, 0) is 11.2 Å². The van der Waals surface area contributed by atoms with Crippen LogP contribution in [0.25, 0.3) is 0 Å². The van der Waals surface area contributed by atoms with Crippen molar-refractivity contribution in [1.29, 1.82) is 0 Å². The van der Waals surface area contributed by atoms with Crippen molar-refractivity contribution in [2.45, 2.75) is 32.2 Å². The number of nitrogens with one attached hydrogen (secondary N) is 2. The van der Waals surface area contributed by atoms with Gasteiger partial charge in [0, 0.05) is 10.8 Å². The summed E-state index contributed by atoms with van der Waals surface area (Å²) in [4.78, 5) is 13.7. The summed E-state index contributed by atoms with van der Waals surface area (Å²) in [5, 5.41) is 8.63. The Kier molecular flexibility index (Phi) is 3.39. The molecule has 2 heterocycles. The first-order valence-electron chi connectivity index (χ1n) is 6.83. The molecule has 2 aliphatic rings. The van der Waals surface area contributed by atoms with E-state index in [9.17, 15) is 4.79 Å². The van der Waals surface area contributed by atoms with E-state index < -0.39 is 0 Å². The molecule has 3 nitrogen and oxygen atoms in total. The van der Waals surface area contributed by atoms with Crippen LogP contribution in [0, 0.1) is 11.8 Å². The van der Waals surface area contributed by atoms with E-state index >= 15 is 0 Å². The Labute approximate surface area is 112 Å². The maximum absolute atomic E-state index is 12.2. The number of carbonyl (C=O) groups excluding carboxylic acids is 1. The van der Waals surface area contributed by atoms with E-state index in [-0.39, 0.29) is 17.9 Å². The first-order chi connectivity index (χ1) is 8.75. The molecule has 0 bridgehead atoms. The van der Waals surface area contributed by atoms with Gasteiger partial charge in [-0.1, -0.05) is 6.92 Å². The third-order valence-electron chi connectivity index (χ3n) is 4.30. The van der Waals surface area contributed by atoms with Gasteiger partial charge in [-0.15, -0.1) is 11.3 Å². The lowest BCUT2D eigenvalue weighted by atomic mass is 9.87. The largest absolute Gasteiger partial charge is 0.349 e. The lowest BCUT2D eigenvalue weighted by Crippen LogP contribution is -2.50. The van der Waals surface area contributed by atoms with Crippen molar-refractivity contribution in [2.24, 2.45) is 11.8 Å². The fraction of sp³-hybridized carbons (Fsp3) is 0.643. The summed E-state index contributed by atoms with van der Waals surface area (Å²) < 4.78 is 0. The molecule has 2 atom stereocenters. The SMILES string of the molecule is CC(C(=O)NC1CCCc2sccc21)C1CNC1. The van der Waals surface area contributed by atoms with E-state index in [1.54, 1.807) is 0 Å². The first kappa shape index (κ1) is 12.2. The van der Waals surface area contributed by atoms with E-state index in [0.29, 0.717) is 5.92 Å². The van der Waals surface area contributed by atoms with Gasteiger partial charge in [0.15, 0.2) is 0 Å². The molecule has 1 aromatic rings. The normalized spacial score (nSPS) is 25.1. The molecule has 3 rings (SSSR count). The van der Waals surface area contributed by atoms with Crippen LogP contribution in [0.5, 0.6) is 0 Å². The highest BCUT2D eigenvalue weighted by molar-refractivity contribution is 7.10. The Morgan fingerprint density at radius 2 is 2.39 bits per heavy atom. The molecule has 98 valence electrons. The summed E-state index contributed by atoms with van der Waals surface area (Å²) in [6.45, 7) is 4.03. The van der Waals surface area contributed by atoms with Crippen molar-refractivity contribution < 1.29 is 4.79 Å². The molecule has 4 heteroatoms. The molecule has 18 heavy (non-hydrogen) atoms. The highest BCUT2D eigenvalue weighted by atomic mass is 32.1. The molecule has 0 spiro atoms. The van der Waals surface area contributed by atoms with E-state index in [1.807, 2.05) is 11.3 Å². The molecule has 0 saturated carbocycles. The minimum atomic E-state index is 0.135. The van der Waals surface area contributed by atoms with Gasteiger partial charge in [-0.05, 0) is 55.3 Å². The monoisotopic (exact) mass is 264 g/mol. The van der Waals surface area contributed by atoms with Crippen molar-refractivity contribution in [3.05, 3.63) is 21.9 Å². The summed E-state index contributed by atoms with van der Waals surface area (Å²) in [7, 11) is 0. The standard InChI is InChI=1S/C14H20N2OS/c1-9(10-7-15-8-10)14(17)16-12-3-2-4-13-11(12)5-6-18-13/h5-6,9-10,12,15H,2-4,7-8H2,1H3,(H,16,17). The quantitative estimate of drug-likeness (QED) is 0.878. The molecule has 1 aliphatic carbocycles. The van der Waals surface area contributed by atoms with Crippen LogP contribution >= 0.6 is 11.3 Å². The molecule has 1 fully saturated rings. The number of thiophene rings is 1. The smallest absolute Gasteiger partial charge is 0.223 e. The van der Waals surface area contributed by atoms with Crippen molar-refractivity contribution in [3.63, 3.8) is 0 Å². The first-order valence-corrected chi connectivity index (χ1v) is 7.71. The molecule has 1 aromatic heterocycles. The average Bonchev–Trinajstić information content (AvgIpc) is 2.75. The van der Waals surface area contributed by atoms with Crippen LogP contribution in [0.4, 0.5) is 0 Å². The second-order valence-corrected chi connectivity index (χ2v) is 6.46. The predicted molar refractivity (Wildman–Crippen MR) is 73.7 cm³/mol. The minimum absolute atomic E-state index is 0.135. The zero-order chi connectivity index (χ0) is 12.5. The van der Waals surface area contributed by atoms with Crippen LogP contribution in [-0.4, -0.2) is 19.0 Å². The fourth-order valence-electron chi connectivity index (χ4n) is 2.82. The molecule has 2 N–H and O–H groups in total. The Morgan fingerprint density at radius 3 is 3.11 bits per heavy atom. The molecular weight excluding hydrogens is 244 g/mol. The second kappa shape index (κ2) is 5.02. The number of aryl methyl sites for hydroxylation is 1. The molecule has 1 aliphatic heterocycles. The molecule has 1 saturated heterocycles. The van der Waals surface area contributed by atoms with Gasteiger partial charge in [0.1, 0.15) is 0 Å². The van der Waals surface area contributed by atoms with E-state index in [2.05, 4.69) is 29.0 Å². The van der Waals surface area contributed by atoms with Gasteiger partial charge in [-0.2, -0.15) is 0 Å². The summed E-state index contributed by atoms with van der Waals surface area (Å²) in [5.41, 5.74) is 1.36. The highest BCUT2D eigenvalue weighted by Gasteiger charge is 2.31. The highest BCUT2D eigenvalue weighted by Crippen LogP contribution is 2.33. The lowest BCUT2D eigenvalue weighted by Gasteiger charge is -2.33. The van der Waals surface area contributed by atoms with Crippen LogP contribution in [0.2, 0.25) is 0 Å². The molecule has 1 amide bonds. The van der Waals surface area contributed by atoms with Gasteiger partial charge in [-0.3, -0.25) is 4.79 Å². The average molecular weight is 264 g/mol. The summed E-state index contributed by atoms with van der Waals surface area (Å²) in [6.07, 6.45) is 3.46. The zero-order valence-corrected chi connectivity index (χ0v) is 11.6. The van der Waals surface area contributed by atoms with Crippen molar-refractivity contribution in [2.75, 3.05) is 13.1 Å². The topological polar surface area (TPSA) is 41.1 Å². The van der Waals surface area contributed by atoms with E-state index in [0.717, 1.165) is 19.5 Å². The Balaban J connectivity index is 1.65. The van der Waals surface area contributed by atoms with E-state index in [4.69, 9.17) is 0 Å². The van der Waals surface area contributed by atoms with Gasteiger partial charge in [0.25, 0.3) is 0 Å². The number of hydrogen-bond donors (Lipinski definition) is 2. The molecule has 0 aromatic carbocycles. The van der Waals surface area contributed by atoms with Crippen molar-refractivity contribution in [1.82, 2.24) is 10.6 Å². The molecular formula is C14H20N2OS. The van der Waals surface area contributed by atoms with Crippen LogP contribution in [0.1, 0.15) is 36.2 Å². The van der Waals surface area contributed by atoms with Crippen LogP contribution < -0.4 is 10.6 Å². The van der Waals surface area contributed by atoms with E-state index in [1.165, 1.54) is 23.3 Å². The van der Waals surface area contributed by atoms with Crippen molar-refractivity contribution in [3.8, 4) is 0 Å². The number of fused-ring (bicyclic) bond motifs is 1. The van der Waals surface area contributed by atoms with Gasteiger partial charge in [0.2, 0.25) is 5.91 Å². The third-order valence-corrected chi connectivity index (χ3v) is 5.30. The molecule has 0 radical (unpaired) electrons. The Hall–Kier alpha value is -0.870. The zero-order valence-electron chi connectivity index (χ0n) is 10.7. The van der Waals surface area contributed by atoms with Gasteiger partial charge in [0.05, 0.1) is 6.04 Å². The summed E-state index contributed by atoms with van der Waals surface area (Å²) >= 11 is 1.83. The lowest BCUT2D eigenvalue weighted by molar-refractivity contribution is -0.127. The number of carbonyl (C=O) groups is 1. The van der Waals surface area contributed by atoms with Crippen LogP contribution in [0.15, 0.2) is 11.4 Å². The predicted octanol–water partition coefficient (Wildman–Crippen LogP) is 2.10. The summed E-state index contributed by atoms with van der Waals surface area (Å²) in [5.74, 6) is 0.886. The third kappa shape index (κ3) is 2.19. The minimum Gasteiger partial charge on any atom is -0.349 e. The second-order valence-electron chi connectivity index (χ2n) is 5.46. The number of rotatable bonds is 3. The summed E-state index contributed by atoms with van der Waals surface area (Å²) in [6, 6.07) is 2.43. The van der Waals surface area contributed by atoms with Crippen molar-refractivity contribution >= 4 is 17.2 Å². The Bertz CT molecular complexity index is 439. The van der Waals surface area contributed by atoms with Gasteiger partial charge < -0.3 is 10.6 Å². The number of hydrogen-bond acceptors (Lipinski definition) is 3. The maximum Gasteiger partial charge on any atom is 0.223 e. The number of amides is 1. The van der Waals surface area contributed by atoms with Gasteiger partial charge >= 0.3 is 0 Å². The Morgan fingerprint density at radius 1 is 1.56 bits per heavy atom. The fourth-order valence-corrected chi connectivity index (χ4v) is 3.81. The maximum atomic E-state index is 12.2. The van der Waals surface area contributed by atoms with Gasteiger partial charge in [-0.25, -0.2) is 0 Å². The van der Waals surface area contributed by atoms with Crippen LogP contribution in [0.3, 0.4) is 0 Å². The molecule has 2 unspecified atom stereocenters.